The van der Waals surface area contributed by atoms with Crippen LogP contribution < -0.4 is 0 Å². The third-order valence-corrected chi connectivity index (χ3v) is 19.7. The van der Waals surface area contributed by atoms with Crippen LogP contribution in [0, 0.1) is 50.2 Å². The summed E-state index contributed by atoms with van der Waals surface area (Å²) in [5.41, 5.74) is -2.81. The van der Waals surface area contributed by atoms with Gasteiger partial charge in [0.15, 0.2) is 25.0 Å². The SMILES string of the molecule is CC1(C)CC2C3=CCC4C5(C)CCC(OC6OC(C(=O)O)C(OC7OC(CO)C(O)C(O)C7O)C(O)C6OC6OC(CO)C(O)C(O)C6O)C(C)(C)C5CCC4(C)C3(C)CC(O)C2(CO)C(O)C1O. The van der Waals surface area contributed by atoms with Crippen LogP contribution in [0.5, 0.6) is 0 Å². The number of carboxylic acid groups (broad SMARTS) is 1. The van der Waals surface area contributed by atoms with Gasteiger partial charge in [-0.25, -0.2) is 4.79 Å². The van der Waals surface area contributed by atoms with Crippen LogP contribution in [0.4, 0.5) is 0 Å². The first-order chi connectivity index (χ1) is 32.1. The van der Waals surface area contributed by atoms with E-state index < -0.39 is 164 Å². The number of allylic oxidation sites excluding steroid dienone is 2. The molecule has 0 radical (unpaired) electrons. The maximum absolute atomic E-state index is 13.0. The third kappa shape index (κ3) is 8.03. The lowest BCUT2D eigenvalue weighted by atomic mass is 9.33. The number of fused-ring (bicyclic) bond motifs is 7. The van der Waals surface area contributed by atoms with Gasteiger partial charge in [-0.2, -0.15) is 0 Å². The second kappa shape index (κ2) is 18.7. The molecule has 3 heterocycles. The zero-order valence-corrected chi connectivity index (χ0v) is 40.5. The summed E-state index contributed by atoms with van der Waals surface area (Å²) in [6, 6.07) is 0. The van der Waals surface area contributed by atoms with Crippen LogP contribution in [0.2, 0.25) is 0 Å². The lowest BCUT2D eigenvalue weighted by Crippen LogP contribution is -2.71. The van der Waals surface area contributed by atoms with Gasteiger partial charge < -0.3 is 99.9 Å². The molecule has 21 heteroatoms. The fourth-order valence-corrected chi connectivity index (χ4v) is 15.4. The van der Waals surface area contributed by atoms with Crippen LogP contribution in [0.15, 0.2) is 11.6 Å². The van der Waals surface area contributed by atoms with Crippen LogP contribution in [0.1, 0.15) is 93.4 Å². The van der Waals surface area contributed by atoms with Crippen molar-refractivity contribution in [3.63, 3.8) is 0 Å². The van der Waals surface area contributed by atoms with E-state index >= 15 is 0 Å². The molecule has 0 aromatic heterocycles. The zero-order chi connectivity index (χ0) is 50.9. The molecule has 5 aliphatic carbocycles. The van der Waals surface area contributed by atoms with E-state index in [1.54, 1.807) is 0 Å². The first-order valence-electron chi connectivity index (χ1n) is 24.6. The largest absolute Gasteiger partial charge is 0.479 e. The normalized spacial score (nSPS) is 54.8. The smallest absolute Gasteiger partial charge is 0.335 e. The van der Waals surface area contributed by atoms with Gasteiger partial charge in [-0.15, -0.1) is 0 Å². The molecular formula is C48H78O21. The van der Waals surface area contributed by atoms with E-state index in [4.69, 9.17) is 28.4 Å². The van der Waals surface area contributed by atoms with Crippen molar-refractivity contribution in [1.82, 2.24) is 0 Å². The summed E-state index contributed by atoms with van der Waals surface area (Å²) >= 11 is 0. The summed E-state index contributed by atoms with van der Waals surface area (Å²) in [5, 5.41) is 152. The van der Waals surface area contributed by atoms with E-state index in [9.17, 15) is 76.3 Å². The summed E-state index contributed by atoms with van der Waals surface area (Å²) in [4.78, 5) is 13.0. The molecule has 396 valence electrons. The minimum absolute atomic E-state index is 0.0214. The first kappa shape index (κ1) is 53.7. The molecule has 4 saturated carbocycles. The Balaban J connectivity index is 1.09. The van der Waals surface area contributed by atoms with E-state index in [2.05, 4.69) is 40.7 Å². The number of hydrogen-bond acceptors (Lipinski definition) is 20. The van der Waals surface area contributed by atoms with Gasteiger partial charge in [0, 0.05) is 0 Å². The highest BCUT2D eigenvalue weighted by Gasteiger charge is 2.72. The molecule has 14 N–H and O–H groups in total. The second-order valence-corrected chi connectivity index (χ2v) is 23.8. The second-order valence-electron chi connectivity index (χ2n) is 23.8. The van der Waals surface area contributed by atoms with Gasteiger partial charge in [0.05, 0.1) is 49.7 Å². The molecule has 7 fully saturated rings. The van der Waals surface area contributed by atoms with Crippen LogP contribution in [0.3, 0.4) is 0 Å². The average Bonchev–Trinajstić information content (AvgIpc) is 3.28. The van der Waals surface area contributed by atoms with Crippen LogP contribution >= 0.6 is 0 Å². The molecule has 0 amide bonds. The van der Waals surface area contributed by atoms with Gasteiger partial charge in [0.1, 0.15) is 67.1 Å². The summed E-state index contributed by atoms with van der Waals surface area (Å²) < 4.78 is 35.9. The molecule has 0 bridgehead atoms. The van der Waals surface area contributed by atoms with Crippen molar-refractivity contribution in [2.45, 2.75) is 210 Å². The van der Waals surface area contributed by atoms with Gasteiger partial charge >= 0.3 is 5.97 Å². The predicted molar refractivity (Wildman–Crippen MR) is 235 cm³/mol. The first-order valence-corrected chi connectivity index (χ1v) is 24.6. The van der Waals surface area contributed by atoms with E-state index in [0.717, 1.165) is 12.0 Å². The Morgan fingerprint density at radius 2 is 1.20 bits per heavy atom. The van der Waals surface area contributed by atoms with E-state index in [-0.39, 0.29) is 35.0 Å². The number of carboxylic acids is 1. The Bertz CT molecular complexity index is 1900. The Hall–Kier alpha value is -1.55. The maximum atomic E-state index is 13.0. The quantitative estimate of drug-likeness (QED) is 0.0803. The van der Waals surface area contributed by atoms with Gasteiger partial charge in [0.25, 0.3) is 0 Å². The standard InChI is InChI=1S/C48H78O21/c1-43(2)14-20-19-8-9-24-45(5)12-11-26(44(3,4)23(45)10-13-46(24,6)47(19,7)15-25(52)48(20,18-51)38(61)37(43)60)66-42-35(68-41-32(58)30(56)28(54)22(17-50)65-41)33(59)34(36(69-42)39(62)63)67-40-31(57)29(55)27(53)21(16-49)64-40/h8,20-38,40-42,49-61H,9-18H2,1-7H3,(H,62,63). The average molecular weight is 991 g/mol. The molecule has 8 rings (SSSR count). The number of aliphatic hydroxyl groups is 13. The molecule has 0 aromatic rings. The number of aliphatic carboxylic acids is 1. The minimum atomic E-state index is -2.09. The molecule has 69 heavy (non-hydrogen) atoms. The van der Waals surface area contributed by atoms with Crippen molar-refractivity contribution >= 4 is 5.97 Å². The lowest BCUT2D eigenvalue weighted by Gasteiger charge is -2.72. The molecule has 0 spiro atoms. The Morgan fingerprint density at radius 3 is 1.74 bits per heavy atom. The number of ether oxygens (including phenoxy) is 6. The van der Waals surface area contributed by atoms with Gasteiger partial charge in [-0.05, 0) is 89.8 Å². The number of hydrogen-bond donors (Lipinski definition) is 14. The maximum Gasteiger partial charge on any atom is 0.335 e. The van der Waals surface area contributed by atoms with Crippen molar-refractivity contribution < 1.29 is 105 Å². The molecule has 26 atom stereocenters. The van der Waals surface area contributed by atoms with Crippen molar-refractivity contribution in [3.8, 4) is 0 Å². The predicted octanol–water partition coefficient (Wildman–Crippen LogP) is -2.38. The molecule has 3 aliphatic heterocycles. The highest BCUT2D eigenvalue weighted by molar-refractivity contribution is 5.73. The zero-order valence-electron chi connectivity index (χ0n) is 40.5. The minimum Gasteiger partial charge on any atom is -0.479 e. The van der Waals surface area contributed by atoms with Gasteiger partial charge in [-0.1, -0.05) is 60.1 Å². The van der Waals surface area contributed by atoms with Crippen LogP contribution in [-0.4, -0.2) is 214 Å². The number of aliphatic hydroxyl groups excluding tert-OH is 13. The lowest BCUT2D eigenvalue weighted by molar-refractivity contribution is -0.391. The topological polar surface area (TPSA) is 356 Å². The van der Waals surface area contributed by atoms with Gasteiger partial charge in [-0.3, -0.25) is 0 Å². The summed E-state index contributed by atoms with van der Waals surface area (Å²) in [6.07, 6.45) is -25.9. The summed E-state index contributed by atoms with van der Waals surface area (Å²) in [5.74, 6) is -1.97. The molecule has 26 unspecified atom stereocenters. The molecule has 3 saturated heterocycles. The van der Waals surface area contributed by atoms with Crippen molar-refractivity contribution in [3.05, 3.63) is 11.6 Å². The highest BCUT2D eigenvalue weighted by atomic mass is 16.8. The van der Waals surface area contributed by atoms with E-state index in [0.29, 0.717) is 32.1 Å². The molecule has 8 aliphatic rings. The summed E-state index contributed by atoms with van der Waals surface area (Å²) in [6.45, 7) is 12.6. The molecule has 21 nitrogen and oxygen atoms in total. The Kier molecular flexibility index (Phi) is 14.5. The monoisotopic (exact) mass is 991 g/mol. The number of rotatable bonds is 10. The summed E-state index contributed by atoms with van der Waals surface area (Å²) in [7, 11) is 0. The van der Waals surface area contributed by atoms with Crippen LogP contribution in [-0.2, 0) is 33.2 Å². The molecular weight excluding hydrogens is 913 g/mol. The highest BCUT2D eigenvalue weighted by Crippen LogP contribution is 2.76. The van der Waals surface area contributed by atoms with E-state index in [1.807, 2.05) is 13.8 Å². The number of carbonyl (C=O) groups is 1. The van der Waals surface area contributed by atoms with Gasteiger partial charge in [0.2, 0.25) is 0 Å². The Labute approximate surface area is 401 Å². The molecule has 0 aromatic carbocycles. The van der Waals surface area contributed by atoms with Crippen LogP contribution in [0.25, 0.3) is 0 Å². The van der Waals surface area contributed by atoms with E-state index in [1.165, 1.54) is 0 Å². The van der Waals surface area contributed by atoms with Crippen molar-refractivity contribution in [1.29, 1.82) is 0 Å². The third-order valence-electron chi connectivity index (χ3n) is 19.7. The van der Waals surface area contributed by atoms with Crippen molar-refractivity contribution in [2.75, 3.05) is 19.8 Å². The fourth-order valence-electron chi connectivity index (χ4n) is 15.4. The van der Waals surface area contributed by atoms with Crippen molar-refractivity contribution in [2.24, 2.45) is 50.2 Å². The fraction of sp³-hybridized carbons (Fsp3) is 0.938. The Morgan fingerprint density at radius 1 is 0.638 bits per heavy atom.